The molecule has 2 aromatic carbocycles. The van der Waals surface area contributed by atoms with Crippen molar-refractivity contribution in [3.8, 4) is 0 Å². The Kier molecular flexibility index (Phi) is 4.47. The van der Waals surface area contributed by atoms with E-state index in [4.69, 9.17) is 0 Å². The van der Waals surface area contributed by atoms with E-state index in [0.717, 1.165) is 5.56 Å². The number of nitrogens with one attached hydrogen (secondary N) is 2. The van der Waals surface area contributed by atoms with Crippen molar-refractivity contribution in [1.82, 2.24) is 10.9 Å². The predicted molar refractivity (Wildman–Crippen MR) is 79.2 cm³/mol. The SMILES string of the molecule is Cc1ccccc1C(=O)NNC(=O)c1ccccc1[N+](=O)[O-]. The lowest BCUT2D eigenvalue weighted by molar-refractivity contribution is -0.385. The number of para-hydroxylation sites is 1. The van der Waals surface area contributed by atoms with Crippen LogP contribution in [-0.4, -0.2) is 16.7 Å². The third-order valence-electron chi connectivity index (χ3n) is 3.02. The van der Waals surface area contributed by atoms with Gasteiger partial charge in [0.2, 0.25) is 0 Å². The number of amides is 2. The lowest BCUT2D eigenvalue weighted by atomic mass is 10.1. The summed E-state index contributed by atoms with van der Waals surface area (Å²) >= 11 is 0. The van der Waals surface area contributed by atoms with Crippen LogP contribution in [0.1, 0.15) is 26.3 Å². The first-order valence-corrected chi connectivity index (χ1v) is 6.40. The molecule has 0 bridgehead atoms. The largest absolute Gasteiger partial charge is 0.282 e. The Morgan fingerprint density at radius 1 is 0.909 bits per heavy atom. The fraction of sp³-hybridized carbons (Fsp3) is 0.0667. The standard InChI is InChI=1S/C15H13N3O4/c1-10-6-2-3-7-11(10)14(19)16-17-15(20)12-8-4-5-9-13(12)18(21)22/h2-9H,1H3,(H,16,19)(H,17,20). The summed E-state index contributed by atoms with van der Waals surface area (Å²) in [5, 5.41) is 10.9. The van der Waals surface area contributed by atoms with Crippen molar-refractivity contribution in [3.63, 3.8) is 0 Å². The van der Waals surface area contributed by atoms with Crippen molar-refractivity contribution in [3.05, 3.63) is 75.3 Å². The lowest BCUT2D eigenvalue weighted by Crippen LogP contribution is -2.42. The molecule has 0 aliphatic rings. The maximum atomic E-state index is 12.0. The molecule has 22 heavy (non-hydrogen) atoms. The minimum atomic E-state index is -0.755. The van der Waals surface area contributed by atoms with E-state index in [-0.39, 0.29) is 11.3 Å². The molecule has 0 aromatic heterocycles. The summed E-state index contributed by atoms with van der Waals surface area (Å²) < 4.78 is 0. The first kappa shape index (κ1) is 15.2. The highest BCUT2D eigenvalue weighted by Gasteiger charge is 2.19. The first-order valence-electron chi connectivity index (χ1n) is 6.40. The zero-order valence-corrected chi connectivity index (χ0v) is 11.7. The summed E-state index contributed by atoms with van der Waals surface area (Å²) in [5.41, 5.74) is 5.12. The number of nitro benzene ring substituents is 1. The van der Waals surface area contributed by atoms with Crippen molar-refractivity contribution in [2.24, 2.45) is 0 Å². The molecular weight excluding hydrogens is 286 g/mol. The van der Waals surface area contributed by atoms with E-state index >= 15 is 0 Å². The molecule has 0 saturated heterocycles. The maximum absolute atomic E-state index is 12.0. The summed E-state index contributed by atoms with van der Waals surface area (Å²) in [7, 11) is 0. The van der Waals surface area contributed by atoms with Gasteiger partial charge in [-0.15, -0.1) is 0 Å². The van der Waals surface area contributed by atoms with Crippen molar-refractivity contribution >= 4 is 17.5 Å². The van der Waals surface area contributed by atoms with Crippen LogP contribution in [0, 0.1) is 17.0 Å². The van der Waals surface area contributed by atoms with E-state index in [9.17, 15) is 19.7 Å². The second-order valence-electron chi connectivity index (χ2n) is 4.50. The van der Waals surface area contributed by atoms with Gasteiger partial charge in [-0.1, -0.05) is 30.3 Å². The molecule has 7 nitrogen and oxygen atoms in total. The Bertz CT molecular complexity index is 743. The van der Waals surface area contributed by atoms with E-state index in [1.807, 2.05) is 0 Å². The molecule has 0 unspecified atom stereocenters. The minimum absolute atomic E-state index is 0.127. The number of nitro groups is 1. The van der Waals surface area contributed by atoms with Gasteiger partial charge in [0.15, 0.2) is 0 Å². The van der Waals surface area contributed by atoms with Crippen LogP contribution in [0.4, 0.5) is 5.69 Å². The number of aryl methyl sites for hydroxylation is 1. The van der Waals surface area contributed by atoms with Crippen LogP contribution in [0.3, 0.4) is 0 Å². The van der Waals surface area contributed by atoms with Gasteiger partial charge in [0.25, 0.3) is 17.5 Å². The minimum Gasteiger partial charge on any atom is -0.267 e. The monoisotopic (exact) mass is 299 g/mol. The van der Waals surface area contributed by atoms with E-state index in [1.54, 1.807) is 31.2 Å². The van der Waals surface area contributed by atoms with Crippen LogP contribution in [0.5, 0.6) is 0 Å². The molecule has 2 amide bonds. The fourth-order valence-corrected chi connectivity index (χ4v) is 1.90. The molecule has 0 radical (unpaired) electrons. The van der Waals surface area contributed by atoms with E-state index in [0.29, 0.717) is 5.56 Å². The molecule has 7 heteroatoms. The molecule has 0 aliphatic heterocycles. The topological polar surface area (TPSA) is 101 Å². The molecule has 0 aliphatic carbocycles. The number of rotatable bonds is 3. The summed E-state index contributed by atoms with van der Waals surface area (Å²) in [6.45, 7) is 1.76. The molecular formula is C15H13N3O4. The normalized spacial score (nSPS) is 9.86. The van der Waals surface area contributed by atoms with Gasteiger partial charge in [-0.2, -0.15) is 0 Å². The number of hydrogen-bond donors (Lipinski definition) is 2. The second kappa shape index (κ2) is 6.49. The van der Waals surface area contributed by atoms with Crippen LogP contribution in [0.15, 0.2) is 48.5 Å². The Labute approximate surface area is 126 Å². The van der Waals surface area contributed by atoms with Gasteiger partial charge >= 0.3 is 0 Å². The van der Waals surface area contributed by atoms with Crippen LogP contribution in [0.2, 0.25) is 0 Å². The molecule has 0 heterocycles. The number of hydrazine groups is 1. The molecule has 2 aromatic rings. The molecule has 0 fully saturated rings. The third-order valence-corrected chi connectivity index (χ3v) is 3.02. The number of carbonyl (C=O) groups excluding carboxylic acids is 2. The predicted octanol–water partition coefficient (Wildman–Crippen LogP) is 1.98. The van der Waals surface area contributed by atoms with Crippen LogP contribution in [-0.2, 0) is 0 Å². The number of carbonyl (C=O) groups is 2. The van der Waals surface area contributed by atoms with Gasteiger partial charge < -0.3 is 0 Å². The van der Waals surface area contributed by atoms with Crippen molar-refractivity contribution in [2.75, 3.05) is 0 Å². The molecule has 2 N–H and O–H groups in total. The van der Waals surface area contributed by atoms with Gasteiger partial charge in [0.1, 0.15) is 5.56 Å². The molecule has 112 valence electrons. The molecule has 2 rings (SSSR count). The average Bonchev–Trinajstić information content (AvgIpc) is 2.52. The molecule has 0 spiro atoms. The third kappa shape index (κ3) is 3.26. The zero-order valence-electron chi connectivity index (χ0n) is 11.7. The Balaban J connectivity index is 2.09. The highest BCUT2D eigenvalue weighted by Crippen LogP contribution is 2.17. The fourth-order valence-electron chi connectivity index (χ4n) is 1.90. The Hall–Kier alpha value is -3.22. The zero-order chi connectivity index (χ0) is 16.1. The average molecular weight is 299 g/mol. The van der Waals surface area contributed by atoms with Gasteiger partial charge in [0, 0.05) is 11.6 Å². The highest BCUT2D eigenvalue weighted by molar-refractivity contribution is 6.01. The molecule has 0 atom stereocenters. The Morgan fingerprint density at radius 2 is 1.41 bits per heavy atom. The van der Waals surface area contributed by atoms with Crippen LogP contribution in [0.25, 0.3) is 0 Å². The van der Waals surface area contributed by atoms with Crippen LogP contribution >= 0.6 is 0 Å². The summed E-state index contributed by atoms with van der Waals surface area (Å²) in [5.74, 6) is -1.25. The first-order chi connectivity index (χ1) is 10.5. The summed E-state index contributed by atoms with van der Waals surface area (Å²) in [6.07, 6.45) is 0. The quantitative estimate of drug-likeness (QED) is 0.668. The van der Waals surface area contributed by atoms with Crippen LogP contribution < -0.4 is 10.9 Å². The smallest absolute Gasteiger partial charge is 0.267 e. The summed E-state index contributed by atoms with van der Waals surface area (Å²) in [4.78, 5) is 34.1. The van der Waals surface area contributed by atoms with Gasteiger partial charge in [-0.25, -0.2) is 0 Å². The number of nitrogens with zero attached hydrogens (tertiary/aromatic N) is 1. The van der Waals surface area contributed by atoms with E-state index in [1.165, 1.54) is 24.3 Å². The van der Waals surface area contributed by atoms with Gasteiger partial charge in [-0.05, 0) is 24.6 Å². The summed E-state index contributed by atoms with van der Waals surface area (Å²) in [6, 6.07) is 12.4. The van der Waals surface area contributed by atoms with Gasteiger partial charge in [-0.3, -0.25) is 30.6 Å². The van der Waals surface area contributed by atoms with E-state index in [2.05, 4.69) is 10.9 Å². The second-order valence-corrected chi connectivity index (χ2v) is 4.50. The van der Waals surface area contributed by atoms with Crippen molar-refractivity contribution < 1.29 is 14.5 Å². The number of benzene rings is 2. The maximum Gasteiger partial charge on any atom is 0.282 e. The van der Waals surface area contributed by atoms with Crippen molar-refractivity contribution in [2.45, 2.75) is 6.92 Å². The van der Waals surface area contributed by atoms with Gasteiger partial charge in [0.05, 0.1) is 4.92 Å². The highest BCUT2D eigenvalue weighted by atomic mass is 16.6. The Morgan fingerprint density at radius 3 is 2.00 bits per heavy atom. The lowest BCUT2D eigenvalue weighted by Gasteiger charge is -2.09. The molecule has 0 saturated carbocycles. The van der Waals surface area contributed by atoms with Crippen molar-refractivity contribution in [1.29, 1.82) is 0 Å². The van der Waals surface area contributed by atoms with E-state index < -0.39 is 16.7 Å². The number of hydrogen-bond acceptors (Lipinski definition) is 4.